The number of carbonyl (C=O) groups excluding carboxylic acids is 1. The van der Waals surface area contributed by atoms with Gasteiger partial charge in [-0.25, -0.2) is 14.8 Å². The van der Waals surface area contributed by atoms with Gasteiger partial charge < -0.3 is 0 Å². The van der Waals surface area contributed by atoms with E-state index in [1.165, 1.54) is 18.0 Å². The second kappa shape index (κ2) is 7.98. The maximum Gasteiger partial charge on any atom is 0.437 e. The van der Waals surface area contributed by atoms with Gasteiger partial charge in [0.15, 0.2) is 5.16 Å². The molecule has 22 heavy (non-hydrogen) atoms. The van der Waals surface area contributed by atoms with Crippen LogP contribution in [0.1, 0.15) is 5.56 Å². The number of anilines is 1. The van der Waals surface area contributed by atoms with Gasteiger partial charge in [0.25, 0.3) is 0 Å². The van der Waals surface area contributed by atoms with Gasteiger partial charge in [0.1, 0.15) is 10.3 Å². The van der Waals surface area contributed by atoms with E-state index in [-0.39, 0.29) is 15.9 Å². The average molecular weight is 357 g/mol. The molecular weight excluding hydrogens is 347 g/mol. The molecule has 2 aromatic rings. The summed E-state index contributed by atoms with van der Waals surface area (Å²) in [6, 6.07) is 8.82. The van der Waals surface area contributed by atoms with Gasteiger partial charge in [-0.3, -0.25) is 10.2 Å². The minimum atomic E-state index is -0.739. The van der Waals surface area contributed by atoms with E-state index in [2.05, 4.69) is 25.3 Å². The van der Waals surface area contributed by atoms with E-state index in [1.807, 2.05) is 6.07 Å². The highest BCUT2D eigenvalue weighted by molar-refractivity contribution is 7.98. The van der Waals surface area contributed by atoms with E-state index in [4.69, 9.17) is 23.2 Å². The minimum Gasteiger partial charge on any atom is -0.298 e. The smallest absolute Gasteiger partial charge is 0.298 e. The first-order valence-corrected chi connectivity index (χ1v) is 7.91. The lowest BCUT2D eigenvalue weighted by Crippen LogP contribution is -2.10. The summed E-state index contributed by atoms with van der Waals surface area (Å²) in [5, 5.41) is 6.71. The highest BCUT2D eigenvalue weighted by atomic mass is 35.5. The fourth-order valence-electron chi connectivity index (χ4n) is 1.39. The van der Waals surface area contributed by atoms with Crippen molar-refractivity contribution in [2.24, 2.45) is 5.16 Å². The van der Waals surface area contributed by atoms with Crippen LogP contribution in [0.25, 0.3) is 0 Å². The van der Waals surface area contributed by atoms with Crippen LogP contribution >= 0.6 is 35.0 Å². The molecule has 114 valence electrons. The molecule has 0 atom stereocenters. The van der Waals surface area contributed by atoms with Crippen LogP contribution in [0.5, 0.6) is 0 Å². The number of nitrogens with one attached hydrogen (secondary N) is 1. The molecule has 0 radical (unpaired) electrons. The van der Waals surface area contributed by atoms with Crippen LogP contribution in [0, 0.1) is 0 Å². The van der Waals surface area contributed by atoms with Crippen molar-refractivity contribution in [3.8, 4) is 0 Å². The van der Waals surface area contributed by atoms with Crippen molar-refractivity contribution < 1.29 is 9.63 Å². The van der Waals surface area contributed by atoms with Gasteiger partial charge in [-0.15, -0.1) is 0 Å². The number of para-hydroxylation sites is 1. The molecule has 1 amide bonds. The molecular formula is C13H10Cl2N4O2S. The quantitative estimate of drug-likeness (QED) is 0.223. The van der Waals surface area contributed by atoms with E-state index in [9.17, 15) is 4.79 Å². The van der Waals surface area contributed by atoms with Gasteiger partial charge >= 0.3 is 6.09 Å². The molecule has 0 bridgehead atoms. The molecule has 0 aliphatic rings. The number of aromatic nitrogens is 2. The van der Waals surface area contributed by atoms with E-state index < -0.39 is 6.09 Å². The summed E-state index contributed by atoms with van der Waals surface area (Å²) in [5.74, 6) is 0. The number of thioether (sulfide) groups is 1. The monoisotopic (exact) mass is 356 g/mol. The van der Waals surface area contributed by atoms with Crippen molar-refractivity contribution in [3.05, 3.63) is 46.2 Å². The zero-order valence-corrected chi connectivity index (χ0v) is 13.6. The normalized spacial score (nSPS) is 10.7. The molecule has 1 heterocycles. The number of oxime groups is 1. The van der Waals surface area contributed by atoms with Crippen LogP contribution in [0.3, 0.4) is 0 Å². The Morgan fingerprint density at radius 2 is 1.91 bits per heavy atom. The highest BCUT2D eigenvalue weighted by Gasteiger charge is 2.10. The van der Waals surface area contributed by atoms with Gasteiger partial charge in [0.2, 0.25) is 0 Å². The lowest BCUT2D eigenvalue weighted by atomic mass is 10.3. The summed E-state index contributed by atoms with van der Waals surface area (Å²) in [6.45, 7) is 0. The Balaban J connectivity index is 1.99. The topological polar surface area (TPSA) is 76.5 Å². The van der Waals surface area contributed by atoms with Gasteiger partial charge in [0.05, 0.1) is 11.8 Å². The molecule has 0 unspecified atom stereocenters. The van der Waals surface area contributed by atoms with Crippen LogP contribution < -0.4 is 5.32 Å². The van der Waals surface area contributed by atoms with Crippen molar-refractivity contribution in [1.29, 1.82) is 0 Å². The molecule has 9 heteroatoms. The molecule has 6 nitrogen and oxygen atoms in total. The number of nitrogens with zero attached hydrogens (tertiary/aromatic N) is 3. The first-order chi connectivity index (χ1) is 10.6. The molecule has 0 saturated heterocycles. The zero-order chi connectivity index (χ0) is 15.9. The fraction of sp³-hybridized carbons (Fsp3) is 0.0769. The Hall–Kier alpha value is -1.83. The summed E-state index contributed by atoms with van der Waals surface area (Å²) in [6.07, 6.45) is 2.24. The lowest BCUT2D eigenvalue weighted by Gasteiger charge is -2.03. The Morgan fingerprint density at radius 3 is 2.50 bits per heavy atom. The Bertz CT molecular complexity index is 675. The maximum atomic E-state index is 11.5. The second-order valence-electron chi connectivity index (χ2n) is 3.81. The predicted molar refractivity (Wildman–Crippen MR) is 88.0 cm³/mol. The minimum absolute atomic E-state index is 0.125. The molecule has 1 N–H and O–H groups in total. The summed E-state index contributed by atoms with van der Waals surface area (Å²) < 4.78 is 0. The molecule has 0 saturated carbocycles. The highest BCUT2D eigenvalue weighted by Crippen LogP contribution is 2.22. The molecule has 1 aromatic heterocycles. The summed E-state index contributed by atoms with van der Waals surface area (Å²) >= 11 is 13.2. The second-order valence-corrected chi connectivity index (χ2v) is 5.30. The average Bonchev–Trinajstić information content (AvgIpc) is 2.50. The predicted octanol–water partition coefficient (Wildman–Crippen LogP) is 4.09. The Morgan fingerprint density at radius 1 is 1.27 bits per heavy atom. The van der Waals surface area contributed by atoms with Crippen molar-refractivity contribution >= 4 is 53.0 Å². The summed E-state index contributed by atoms with van der Waals surface area (Å²) in [4.78, 5) is 24.2. The summed E-state index contributed by atoms with van der Waals surface area (Å²) in [7, 11) is 0. The number of hydrogen-bond acceptors (Lipinski definition) is 6. The maximum absolute atomic E-state index is 11.5. The van der Waals surface area contributed by atoms with E-state index in [1.54, 1.807) is 30.5 Å². The SMILES string of the molecule is CSc1nc(Cl)c(C=NOC(=O)Nc2ccccc2)c(Cl)n1. The van der Waals surface area contributed by atoms with Gasteiger partial charge in [-0.2, -0.15) is 0 Å². The van der Waals surface area contributed by atoms with Crippen LogP contribution in [0.2, 0.25) is 10.3 Å². The van der Waals surface area contributed by atoms with Crippen molar-refractivity contribution in [1.82, 2.24) is 9.97 Å². The number of halogens is 2. The molecule has 1 aromatic carbocycles. The van der Waals surface area contributed by atoms with E-state index in [0.29, 0.717) is 10.8 Å². The van der Waals surface area contributed by atoms with Gasteiger partial charge in [-0.05, 0) is 18.4 Å². The number of carbonyl (C=O) groups is 1. The van der Waals surface area contributed by atoms with Crippen LogP contribution in [-0.2, 0) is 4.84 Å². The third-order valence-electron chi connectivity index (χ3n) is 2.35. The fourth-order valence-corrected chi connectivity index (χ4v) is 2.34. The van der Waals surface area contributed by atoms with Gasteiger partial charge in [0, 0.05) is 5.69 Å². The van der Waals surface area contributed by atoms with Crippen molar-refractivity contribution in [2.75, 3.05) is 11.6 Å². The molecule has 0 fully saturated rings. The largest absolute Gasteiger partial charge is 0.437 e. The van der Waals surface area contributed by atoms with Crippen LogP contribution in [0.15, 0.2) is 40.6 Å². The van der Waals surface area contributed by atoms with Crippen molar-refractivity contribution in [3.63, 3.8) is 0 Å². The number of benzene rings is 1. The molecule has 2 rings (SSSR count). The number of amides is 1. The lowest BCUT2D eigenvalue weighted by molar-refractivity contribution is 0.167. The van der Waals surface area contributed by atoms with Crippen LogP contribution in [0.4, 0.5) is 10.5 Å². The third-order valence-corrected chi connectivity index (χ3v) is 3.48. The van der Waals surface area contributed by atoms with Crippen LogP contribution in [-0.4, -0.2) is 28.5 Å². The van der Waals surface area contributed by atoms with E-state index in [0.717, 1.165) is 0 Å². The first kappa shape index (κ1) is 16.5. The standard InChI is InChI=1S/C13H10Cl2N4O2S/c1-22-12-18-10(14)9(11(15)19-12)7-16-21-13(20)17-8-5-3-2-4-6-8/h2-7H,1H3,(H,17,20). The summed E-state index contributed by atoms with van der Waals surface area (Å²) in [5.41, 5.74) is 0.861. The Kier molecular flexibility index (Phi) is 6.00. The first-order valence-electron chi connectivity index (χ1n) is 5.93. The zero-order valence-electron chi connectivity index (χ0n) is 11.3. The van der Waals surface area contributed by atoms with Crippen molar-refractivity contribution in [2.45, 2.75) is 5.16 Å². The van der Waals surface area contributed by atoms with Gasteiger partial charge in [-0.1, -0.05) is 58.3 Å². The number of hydrogen-bond donors (Lipinski definition) is 1. The third kappa shape index (κ3) is 4.59. The molecule has 0 spiro atoms. The molecule has 0 aliphatic carbocycles. The molecule has 0 aliphatic heterocycles. The number of rotatable bonds is 4. The Labute approximate surface area is 140 Å². The van der Waals surface area contributed by atoms with E-state index >= 15 is 0 Å².